The number of hydrogen-bond acceptors (Lipinski definition) is 4. The zero-order chi connectivity index (χ0) is 16.1. The van der Waals surface area contributed by atoms with E-state index < -0.39 is 0 Å². The third-order valence-corrected chi connectivity index (χ3v) is 4.19. The molecule has 0 saturated heterocycles. The summed E-state index contributed by atoms with van der Waals surface area (Å²) in [5, 5.41) is 0. The molecule has 0 fully saturated rings. The van der Waals surface area contributed by atoms with Gasteiger partial charge < -0.3 is 19.8 Å². The lowest BCUT2D eigenvalue weighted by atomic mass is 10.1. The van der Waals surface area contributed by atoms with Crippen LogP contribution in [-0.4, -0.2) is 28.9 Å². The summed E-state index contributed by atoms with van der Waals surface area (Å²) < 4.78 is 7.43. The number of pyridine rings is 1. The van der Waals surface area contributed by atoms with Crippen molar-refractivity contribution in [2.24, 2.45) is 0 Å². The first kappa shape index (κ1) is 13.6. The summed E-state index contributed by atoms with van der Waals surface area (Å²) in [6, 6.07) is 9.54. The second-order valence-electron chi connectivity index (χ2n) is 5.67. The summed E-state index contributed by atoms with van der Waals surface area (Å²) in [5.74, 6) is 0.639. The minimum atomic E-state index is -0.0651. The van der Waals surface area contributed by atoms with Crippen LogP contribution in [0.4, 0.5) is 11.4 Å². The maximum Gasteiger partial charge on any atom is 0.264 e. The fourth-order valence-corrected chi connectivity index (χ4v) is 2.79. The number of nitrogens with two attached hydrogens (primary N) is 1. The molecule has 0 radical (unpaired) electrons. The first-order valence-electron chi connectivity index (χ1n) is 7.32. The Labute approximate surface area is 133 Å². The molecule has 0 saturated carbocycles. The Kier molecular flexibility index (Phi) is 2.81. The van der Waals surface area contributed by atoms with Gasteiger partial charge in [-0.3, -0.25) is 4.79 Å². The highest BCUT2D eigenvalue weighted by atomic mass is 16.5. The smallest absolute Gasteiger partial charge is 0.264 e. The zero-order valence-electron chi connectivity index (χ0n) is 12.9. The van der Waals surface area contributed by atoms with Gasteiger partial charge in [-0.15, -0.1) is 0 Å². The highest BCUT2D eigenvalue weighted by Crippen LogP contribution is 2.35. The molecule has 23 heavy (non-hydrogen) atoms. The monoisotopic (exact) mass is 308 g/mol. The highest BCUT2D eigenvalue weighted by Gasteiger charge is 2.23. The van der Waals surface area contributed by atoms with E-state index in [0.717, 1.165) is 28.3 Å². The predicted molar refractivity (Wildman–Crippen MR) is 88.7 cm³/mol. The van der Waals surface area contributed by atoms with Gasteiger partial charge in [-0.1, -0.05) is 0 Å². The van der Waals surface area contributed by atoms with Crippen LogP contribution in [-0.2, 0) is 4.79 Å². The number of anilines is 2. The molecule has 1 aliphatic rings. The third kappa shape index (κ3) is 2.03. The molecule has 1 aromatic carbocycles. The largest absolute Gasteiger partial charge is 0.482 e. The highest BCUT2D eigenvalue weighted by molar-refractivity contribution is 5.98. The Hall–Kier alpha value is -3.02. The molecule has 3 aromatic rings. The van der Waals surface area contributed by atoms with Crippen LogP contribution in [0.1, 0.15) is 5.69 Å². The molecule has 2 aromatic heterocycles. The van der Waals surface area contributed by atoms with Gasteiger partial charge in [0.2, 0.25) is 0 Å². The first-order valence-corrected chi connectivity index (χ1v) is 7.32. The van der Waals surface area contributed by atoms with E-state index in [-0.39, 0.29) is 12.5 Å². The summed E-state index contributed by atoms with van der Waals surface area (Å²) in [6.45, 7) is 2.08. The van der Waals surface area contributed by atoms with Gasteiger partial charge in [0.1, 0.15) is 5.75 Å². The molecule has 0 bridgehead atoms. The number of benzene rings is 1. The molecular formula is C17H16N4O2. The van der Waals surface area contributed by atoms with E-state index >= 15 is 0 Å². The number of carbonyl (C=O) groups is 1. The molecule has 116 valence electrons. The third-order valence-electron chi connectivity index (χ3n) is 4.19. The van der Waals surface area contributed by atoms with Crippen LogP contribution in [0.25, 0.3) is 16.9 Å². The van der Waals surface area contributed by atoms with Crippen LogP contribution in [0, 0.1) is 6.92 Å². The van der Waals surface area contributed by atoms with Crippen LogP contribution in [0.2, 0.25) is 0 Å². The lowest BCUT2D eigenvalue weighted by Crippen LogP contribution is -2.35. The second-order valence-corrected chi connectivity index (χ2v) is 5.67. The first-order chi connectivity index (χ1) is 11.0. The number of likely N-dealkylation sites (N-methyl/N-ethyl adjacent to an activating group) is 1. The van der Waals surface area contributed by atoms with E-state index in [1.165, 1.54) is 0 Å². The Balaban J connectivity index is 1.87. The van der Waals surface area contributed by atoms with Crippen LogP contribution in [0.5, 0.6) is 5.75 Å². The van der Waals surface area contributed by atoms with Gasteiger partial charge in [0.25, 0.3) is 5.91 Å². The maximum absolute atomic E-state index is 11.8. The molecule has 0 spiro atoms. The quantitative estimate of drug-likeness (QED) is 0.748. The minimum absolute atomic E-state index is 0.0651. The summed E-state index contributed by atoms with van der Waals surface area (Å²) in [4.78, 5) is 18.0. The number of aromatic nitrogens is 2. The molecule has 2 N–H and O–H groups in total. The number of hydrogen-bond donors (Lipinski definition) is 1. The Morgan fingerprint density at radius 3 is 2.87 bits per heavy atom. The SMILES string of the molecule is Cc1ccc(N)c2nc(-c3ccc4c(c3)N(C)C(=O)CO4)cn12. The van der Waals surface area contributed by atoms with E-state index in [1.54, 1.807) is 11.9 Å². The molecular weight excluding hydrogens is 292 g/mol. The van der Waals surface area contributed by atoms with Gasteiger partial charge in [-0.2, -0.15) is 0 Å². The number of amides is 1. The minimum Gasteiger partial charge on any atom is -0.482 e. The van der Waals surface area contributed by atoms with Crippen LogP contribution in [0.3, 0.4) is 0 Å². The number of nitrogens with zero attached hydrogens (tertiary/aromatic N) is 3. The average Bonchev–Trinajstić information content (AvgIpc) is 3.01. The number of imidazole rings is 1. The average molecular weight is 308 g/mol. The van der Waals surface area contributed by atoms with E-state index in [9.17, 15) is 4.79 Å². The number of ether oxygens (including phenoxy) is 1. The van der Waals surface area contributed by atoms with Crippen molar-refractivity contribution in [2.45, 2.75) is 6.92 Å². The van der Waals surface area contributed by atoms with Crippen molar-refractivity contribution < 1.29 is 9.53 Å². The van der Waals surface area contributed by atoms with E-state index in [0.29, 0.717) is 11.4 Å². The fraction of sp³-hybridized carbons (Fsp3) is 0.176. The normalized spacial score (nSPS) is 14.0. The lowest BCUT2D eigenvalue weighted by molar-refractivity contribution is -0.120. The van der Waals surface area contributed by atoms with Crippen LogP contribution < -0.4 is 15.4 Å². The topological polar surface area (TPSA) is 72.9 Å². The van der Waals surface area contributed by atoms with Gasteiger partial charge >= 0.3 is 0 Å². The predicted octanol–water partition coefficient (Wildman–Crippen LogP) is 2.25. The number of fused-ring (bicyclic) bond motifs is 2. The Morgan fingerprint density at radius 2 is 2.09 bits per heavy atom. The van der Waals surface area contributed by atoms with Crippen molar-refractivity contribution >= 4 is 22.9 Å². The van der Waals surface area contributed by atoms with Crippen LogP contribution in [0.15, 0.2) is 36.5 Å². The van der Waals surface area contributed by atoms with E-state index in [4.69, 9.17) is 10.5 Å². The van der Waals surface area contributed by atoms with Crippen LogP contribution >= 0.6 is 0 Å². The summed E-state index contributed by atoms with van der Waals surface area (Å²) in [7, 11) is 1.75. The number of nitrogen functional groups attached to an aromatic ring is 1. The molecule has 6 nitrogen and oxygen atoms in total. The fourth-order valence-electron chi connectivity index (χ4n) is 2.79. The molecule has 6 heteroatoms. The summed E-state index contributed by atoms with van der Waals surface area (Å²) in [5.41, 5.74) is 10.9. The standard InChI is InChI=1S/C17H16N4O2/c1-10-3-5-12(18)17-19-13(8-21(10)17)11-4-6-15-14(7-11)20(2)16(22)9-23-15/h3-8H,9,18H2,1-2H3. The molecule has 1 amide bonds. The van der Waals surface area contributed by atoms with Gasteiger partial charge in [-0.25, -0.2) is 4.98 Å². The van der Waals surface area contributed by atoms with Gasteiger partial charge in [-0.05, 0) is 37.3 Å². The van der Waals surface area contributed by atoms with Crippen molar-refractivity contribution in [3.63, 3.8) is 0 Å². The van der Waals surface area contributed by atoms with Gasteiger partial charge in [0, 0.05) is 24.5 Å². The van der Waals surface area contributed by atoms with Gasteiger partial charge in [0.05, 0.1) is 17.1 Å². The molecule has 1 aliphatic heterocycles. The van der Waals surface area contributed by atoms with Crippen molar-refractivity contribution in [3.05, 3.63) is 42.2 Å². The zero-order valence-corrected chi connectivity index (χ0v) is 12.9. The molecule has 0 unspecified atom stereocenters. The summed E-state index contributed by atoms with van der Waals surface area (Å²) >= 11 is 0. The molecule has 0 atom stereocenters. The Bertz CT molecular complexity index is 906. The van der Waals surface area contributed by atoms with Gasteiger partial charge in [0.15, 0.2) is 12.3 Å². The van der Waals surface area contributed by atoms with Crippen molar-refractivity contribution in [1.29, 1.82) is 0 Å². The van der Waals surface area contributed by atoms with Crippen molar-refractivity contribution in [3.8, 4) is 17.0 Å². The second kappa shape index (κ2) is 4.74. The number of carbonyl (C=O) groups excluding carboxylic acids is 1. The van der Waals surface area contributed by atoms with Crippen molar-refractivity contribution in [2.75, 3.05) is 24.3 Å². The van der Waals surface area contributed by atoms with E-state index in [2.05, 4.69) is 4.98 Å². The maximum atomic E-state index is 11.8. The number of rotatable bonds is 1. The molecule has 0 aliphatic carbocycles. The molecule has 3 heterocycles. The molecule has 4 rings (SSSR count). The Morgan fingerprint density at radius 1 is 1.26 bits per heavy atom. The number of aryl methyl sites for hydroxylation is 1. The van der Waals surface area contributed by atoms with Crippen molar-refractivity contribution in [1.82, 2.24) is 9.38 Å². The summed E-state index contributed by atoms with van der Waals surface area (Å²) in [6.07, 6.45) is 1.95. The van der Waals surface area contributed by atoms with E-state index in [1.807, 2.05) is 47.9 Å². The lowest BCUT2D eigenvalue weighted by Gasteiger charge is -2.26.